The van der Waals surface area contributed by atoms with Crippen molar-refractivity contribution in [2.45, 2.75) is 11.5 Å². The van der Waals surface area contributed by atoms with Gasteiger partial charge in [0.2, 0.25) is 10.0 Å². The number of sulfonamides is 1. The first-order chi connectivity index (χ1) is 9.95. The molecule has 0 spiro atoms. The van der Waals surface area contributed by atoms with Gasteiger partial charge in [0.25, 0.3) is 0 Å². The van der Waals surface area contributed by atoms with E-state index in [-0.39, 0.29) is 17.3 Å². The van der Waals surface area contributed by atoms with Crippen LogP contribution in [0.25, 0.3) is 0 Å². The molecule has 0 radical (unpaired) electrons. The van der Waals surface area contributed by atoms with Crippen molar-refractivity contribution in [3.63, 3.8) is 0 Å². The summed E-state index contributed by atoms with van der Waals surface area (Å²) in [5.41, 5.74) is 0.846. The number of ether oxygens (including phenoxy) is 1. The zero-order valence-corrected chi connectivity index (χ0v) is 12.2. The molecule has 2 aromatic carbocycles. The van der Waals surface area contributed by atoms with Crippen LogP contribution in [0.2, 0.25) is 0 Å². The number of para-hydroxylation sites is 1. The minimum atomic E-state index is -3.99. The second-order valence-corrected chi connectivity index (χ2v) is 5.87. The first-order valence-corrected chi connectivity index (χ1v) is 7.71. The van der Waals surface area contributed by atoms with E-state index in [0.29, 0.717) is 17.0 Å². The summed E-state index contributed by atoms with van der Waals surface area (Å²) in [5.74, 6) is 0.582. The second-order valence-electron chi connectivity index (χ2n) is 4.34. The van der Waals surface area contributed by atoms with Gasteiger partial charge in [-0.1, -0.05) is 18.2 Å². The summed E-state index contributed by atoms with van der Waals surface area (Å²) in [7, 11) is -2.37. The van der Waals surface area contributed by atoms with Gasteiger partial charge in [0.05, 0.1) is 12.3 Å². The Bertz CT molecular complexity index is 730. The van der Waals surface area contributed by atoms with Crippen molar-refractivity contribution in [1.82, 2.24) is 0 Å². The van der Waals surface area contributed by atoms with Crippen LogP contribution in [0.3, 0.4) is 0 Å². The molecule has 0 atom stereocenters. The fourth-order valence-electron chi connectivity index (χ4n) is 1.86. The fraction of sp³-hybridized carbons (Fsp3) is 0.143. The largest absolute Gasteiger partial charge is 0.454 e. The molecule has 0 saturated carbocycles. The number of aliphatic hydroxyl groups excluding tert-OH is 1. The highest BCUT2D eigenvalue weighted by molar-refractivity contribution is 7.89. The molecule has 0 saturated heterocycles. The lowest BCUT2D eigenvalue weighted by Gasteiger charge is -2.16. The van der Waals surface area contributed by atoms with Crippen molar-refractivity contribution in [2.24, 2.45) is 5.14 Å². The van der Waals surface area contributed by atoms with Crippen LogP contribution in [-0.2, 0) is 16.6 Å². The van der Waals surface area contributed by atoms with Gasteiger partial charge in [0.1, 0.15) is 10.6 Å². The number of rotatable bonds is 5. The van der Waals surface area contributed by atoms with Gasteiger partial charge in [-0.3, -0.25) is 0 Å². The standard InChI is InChI=1S/C14H16N2O4S/c1-16-12-7-10(9-17)8-13(21(15,18)19)14(12)20-11-5-3-2-4-6-11/h2-8,16-17H,9H2,1H3,(H2,15,18,19). The summed E-state index contributed by atoms with van der Waals surface area (Å²) >= 11 is 0. The molecule has 112 valence electrons. The van der Waals surface area contributed by atoms with Crippen molar-refractivity contribution in [3.8, 4) is 11.5 Å². The van der Waals surface area contributed by atoms with Crippen molar-refractivity contribution in [2.75, 3.05) is 12.4 Å². The molecule has 0 aliphatic heterocycles. The summed E-state index contributed by atoms with van der Waals surface area (Å²) in [5, 5.41) is 17.3. The first-order valence-electron chi connectivity index (χ1n) is 6.17. The zero-order chi connectivity index (χ0) is 15.5. The van der Waals surface area contributed by atoms with Crippen LogP contribution in [0.5, 0.6) is 11.5 Å². The molecule has 4 N–H and O–H groups in total. The van der Waals surface area contributed by atoms with Crippen LogP contribution in [0.1, 0.15) is 5.56 Å². The maximum absolute atomic E-state index is 11.8. The SMILES string of the molecule is CNc1cc(CO)cc(S(N)(=O)=O)c1Oc1ccccc1. The average Bonchev–Trinajstić information content (AvgIpc) is 2.47. The summed E-state index contributed by atoms with van der Waals surface area (Å²) in [6.07, 6.45) is 0. The van der Waals surface area contributed by atoms with Crippen molar-refractivity contribution >= 4 is 15.7 Å². The monoisotopic (exact) mass is 308 g/mol. The van der Waals surface area contributed by atoms with E-state index in [1.165, 1.54) is 6.07 Å². The lowest BCUT2D eigenvalue weighted by atomic mass is 10.2. The van der Waals surface area contributed by atoms with E-state index in [4.69, 9.17) is 9.88 Å². The molecular weight excluding hydrogens is 292 g/mol. The van der Waals surface area contributed by atoms with Crippen LogP contribution >= 0.6 is 0 Å². The highest BCUT2D eigenvalue weighted by atomic mass is 32.2. The third kappa shape index (κ3) is 3.52. The lowest BCUT2D eigenvalue weighted by Crippen LogP contribution is -2.14. The number of benzene rings is 2. The van der Waals surface area contributed by atoms with E-state index < -0.39 is 10.0 Å². The topological polar surface area (TPSA) is 102 Å². The van der Waals surface area contributed by atoms with Crippen LogP contribution in [0.4, 0.5) is 5.69 Å². The minimum absolute atomic E-state index is 0.100. The summed E-state index contributed by atoms with van der Waals surface area (Å²) in [6, 6.07) is 11.7. The van der Waals surface area contributed by atoms with Crippen LogP contribution in [0.15, 0.2) is 47.4 Å². The fourth-order valence-corrected chi connectivity index (χ4v) is 2.58. The Labute approximate surface area is 123 Å². The van der Waals surface area contributed by atoms with Gasteiger partial charge in [-0.2, -0.15) is 0 Å². The van der Waals surface area contributed by atoms with Crippen molar-refractivity contribution in [1.29, 1.82) is 0 Å². The number of nitrogens with one attached hydrogen (secondary N) is 1. The first kappa shape index (κ1) is 15.3. The van der Waals surface area contributed by atoms with Crippen LogP contribution in [0, 0.1) is 0 Å². The summed E-state index contributed by atoms with van der Waals surface area (Å²) in [6.45, 7) is -0.303. The molecule has 21 heavy (non-hydrogen) atoms. The third-order valence-corrected chi connectivity index (χ3v) is 3.75. The van der Waals surface area contributed by atoms with Gasteiger partial charge < -0.3 is 15.2 Å². The van der Waals surface area contributed by atoms with Gasteiger partial charge in [0, 0.05) is 7.05 Å². The molecular formula is C14H16N2O4S. The average molecular weight is 308 g/mol. The lowest BCUT2D eigenvalue weighted by molar-refractivity contribution is 0.281. The number of primary sulfonamides is 1. The Morgan fingerprint density at radius 2 is 1.90 bits per heavy atom. The Hall–Kier alpha value is -2.09. The number of anilines is 1. The molecule has 0 bridgehead atoms. The van der Waals surface area contributed by atoms with E-state index in [1.54, 1.807) is 37.4 Å². The third-order valence-electron chi connectivity index (χ3n) is 2.84. The summed E-state index contributed by atoms with van der Waals surface area (Å²) < 4.78 is 29.2. The van der Waals surface area contributed by atoms with Gasteiger partial charge in [-0.05, 0) is 29.8 Å². The van der Waals surface area contributed by atoms with Gasteiger partial charge >= 0.3 is 0 Å². The van der Waals surface area contributed by atoms with Gasteiger partial charge in [-0.25, -0.2) is 13.6 Å². The van der Waals surface area contributed by atoms with Crippen molar-refractivity contribution in [3.05, 3.63) is 48.0 Å². The number of nitrogens with two attached hydrogens (primary N) is 1. The Kier molecular flexibility index (Phi) is 4.46. The molecule has 2 aromatic rings. The van der Waals surface area contributed by atoms with E-state index >= 15 is 0 Å². The van der Waals surface area contributed by atoms with E-state index in [2.05, 4.69) is 5.32 Å². The summed E-state index contributed by atoms with van der Waals surface area (Å²) in [4.78, 5) is -0.178. The second kappa shape index (κ2) is 6.13. The molecule has 0 aliphatic rings. The smallest absolute Gasteiger partial charge is 0.241 e. The highest BCUT2D eigenvalue weighted by Gasteiger charge is 2.21. The number of hydrogen-bond acceptors (Lipinski definition) is 5. The Morgan fingerprint density at radius 1 is 1.24 bits per heavy atom. The normalized spacial score (nSPS) is 11.2. The van der Waals surface area contributed by atoms with Crippen molar-refractivity contribution < 1.29 is 18.3 Å². The molecule has 0 unspecified atom stereocenters. The maximum Gasteiger partial charge on any atom is 0.241 e. The number of hydrogen-bond donors (Lipinski definition) is 3. The molecule has 7 heteroatoms. The molecule has 0 fully saturated rings. The number of aliphatic hydroxyl groups is 1. The van der Waals surface area contributed by atoms with E-state index in [9.17, 15) is 13.5 Å². The predicted molar refractivity (Wildman–Crippen MR) is 79.8 cm³/mol. The van der Waals surface area contributed by atoms with E-state index in [1.807, 2.05) is 6.07 Å². The van der Waals surface area contributed by atoms with Crippen LogP contribution < -0.4 is 15.2 Å². The van der Waals surface area contributed by atoms with Gasteiger partial charge in [0.15, 0.2) is 5.75 Å². The maximum atomic E-state index is 11.8. The minimum Gasteiger partial charge on any atom is -0.454 e. The molecule has 0 heterocycles. The zero-order valence-electron chi connectivity index (χ0n) is 11.4. The van der Waals surface area contributed by atoms with Gasteiger partial charge in [-0.15, -0.1) is 0 Å². The molecule has 0 aromatic heterocycles. The van der Waals surface area contributed by atoms with Crippen LogP contribution in [-0.4, -0.2) is 20.6 Å². The Balaban J connectivity index is 2.61. The quantitative estimate of drug-likeness (QED) is 0.779. The Morgan fingerprint density at radius 3 is 2.43 bits per heavy atom. The molecule has 6 nitrogen and oxygen atoms in total. The molecule has 2 rings (SSSR count). The van der Waals surface area contributed by atoms with E-state index in [0.717, 1.165) is 0 Å². The molecule has 0 amide bonds. The highest BCUT2D eigenvalue weighted by Crippen LogP contribution is 2.36. The predicted octanol–water partition coefficient (Wildman–Crippen LogP) is 1.66. The molecule has 0 aliphatic carbocycles.